The summed E-state index contributed by atoms with van der Waals surface area (Å²) in [6.45, 7) is 3.71. The largest absolute Gasteiger partial charge is 0.476 e. The highest BCUT2D eigenvalue weighted by Gasteiger charge is 2.15. The summed E-state index contributed by atoms with van der Waals surface area (Å²) in [6, 6.07) is 8.61. The van der Waals surface area contributed by atoms with Crippen LogP contribution < -0.4 is 5.63 Å². The predicted octanol–water partition coefficient (Wildman–Crippen LogP) is 3.42. The van der Waals surface area contributed by atoms with Crippen molar-refractivity contribution in [3.8, 4) is 0 Å². The van der Waals surface area contributed by atoms with E-state index in [4.69, 9.17) is 21.4 Å². The molecule has 110 valence electrons. The van der Waals surface area contributed by atoms with Crippen molar-refractivity contribution in [1.29, 1.82) is 0 Å². The summed E-state index contributed by atoms with van der Waals surface area (Å²) < 4.78 is 10.7. The average molecular weight is 322 g/mol. The van der Waals surface area contributed by atoms with Crippen LogP contribution in [0.4, 0.5) is 0 Å². The normalized spacial score (nSPS) is 10.8. The lowest BCUT2D eigenvalue weighted by molar-refractivity contribution is 0.101. The number of thiocarbonyl (C=S) groups is 1. The molecule has 0 unspecified atom stereocenters. The summed E-state index contributed by atoms with van der Waals surface area (Å²) in [5, 5.41) is 0.714. The third-order valence-electron chi connectivity index (χ3n) is 2.59. The fraction of sp³-hybridized carbons (Fsp3) is 0.267. The molecule has 0 fully saturated rings. The van der Waals surface area contributed by atoms with Gasteiger partial charge in [0.2, 0.25) is 4.38 Å². The van der Waals surface area contributed by atoms with Crippen molar-refractivity contribution in [1.82, 2.24) is 0 Å². The number of hydrogen-bond donors (Lipinski definition) is 0. The van der Waals surface area contributed by atoms with Gasteiger partial charge in [0.05, 0.1) is 11.9 Å². The number of Topliss-reactive ketones (excluding diaryl/α,β-unsaturated/α-hetero) is 1. The van der Waals surface area contributed by atoms with Gasteiger partial charge in [-0.2, -0.15) is 0 Å². The van der Waals surface area contributed by atoms with Crippen LogP contribution in [0.5, 0.6) is 0 Å². The third-order valence-corrected chi connectivity index (χ3v) is 3.78. The SMILES string of the molecule is CC(C)OC(=S)SCC(=O)c1cc2ccccc2oc1=O. The number of carbonyl (C=O) groups excluding carboxylic acids is 1. The number of carbonyl (C=O) groups is 1. The fourth-order valence-electron chi connectivity index (χ4n) is 1.69. The first-order chi connectivity index (χ1) is 9.97. The molecule has 0 aliphatic rings. The summed E-state index contributed by atoms with van der Waals surface area (Å²) in [5.74, 6) is -0.275. The highest BCUT2D eigenvalue weighted by Crippen LogP contribution is 2.15. The van der Waals surface area contributed by atoms with E-state index in [9.17, 15) is 9.59 Å². The lowest BCUT2D eigenvalue weighted by atomic mass is 10.1. The topological polar surface area (TPSA) is 56.5 Å². The summed E-state index contributed by atoms with van der Waals surface area (Å²) in [5.41, 5.74) is -0.131. The zero-order valence-electron chi connectivity index (χ0n) is 11.6. The predicted molar refractivity (Wildman–Crippen MR) is 88.1 cm³/mol. The van der Waals surface area contributed by atoms with Crippen LogP contribution in [0.2, 0.25) is 0 Å². The first-order valence-electron chi connectivity index (χ1n) is 6.37. The van der Waals surface area contributed by atoms with Crippen molar-refractivity contribution in [2.75, 3.05) is 5.75 Å². The van der Waals surface area contributed by atoms with Crippen LogP contribution in [0, 0.1) is 0 Å². The minimum Gasteiger partial charge on any atom is -0.476 e. The van der Waals surface area contributed by atoms with Gasteiger partial charge in [0.15, 0.2) is 5.78 Å². The van der Waals surface area contributed by atoms with Crippen molar-refractivity contribution in [3.05, 3.63) is 46.3 Å². The Morgan fingerprint density at radius 1 is 1.38 bits per heavy atom. The van der Waals surface area contributed by atoms with Crippen molar-refractivity contribution >= 4 is 45.1 Å². The minimum atomic E-state index is -0.630. The van der Waals surface area contributed by atoms with Crippen LogP contribution in [0.15, 0.2) is 39.5 Å². The van der Waals surface area contributed by atoms with Gasteiger partial charge in [0.25, 0.3) is 0 Å². The second-order valence-corrected chi connectivity index (χ2v) is 6.19. The molecule has 2 rings (SSSR count). The first kappa shape index (κ1) is 15.7. The Hall–Kier alpha value is -1.66. The van der Waals surface area contributed by atoms with Gasteiger partial charge in [-0.25, -0.2) is 4.79 Å². The van der Waals surface area contributed by atoms with Crippen molar-refractivity contribution in [2.45, 2.75) is 20.0 Å². The van der Waals surface area contributed by atoms with Crippen LogP contribution in [-0.2, 0) is 4.74 Å². The molecule has 4 nitrogen and oxygen atoms in total. The molecule has 1 heterocycles. The van der Waals surface area contributed by atoms with Crippen LogP contribution in [0.25, 0.3) is 11.0 Å². The molecule has 0 amide bonds. The molecule has 0 spiro atoms. The van der Waals surface area contributed by atoms with Gasteiger partial charge in [-0.1, -0.05) is 30.0 Å². The molecule has 0 saturated carbocycles. The molecule has 0 bridgehead atoms. The molecule has 1 aromatic carbocycles. The Morgan fingerprint density at radius 2 is 2.10 bits per heavy atom. The number of ether oxygens (including phenoxy) is 1. The Labute approximate surface area is 131 Å². The van der Waals surface area contributed by atoms with Gasteiger partial charge in [0.1, 0.15) is 11.1 Å². The molecule has 0 N–H and O–H groups in total. The van der Waals surface area contributed by atoms with E-state index in [1.165, 1.54) is 0 Å². The molecule has 21 heavy (non-hydrogen) atoms. The number of ketones is 1. The van der Waals surface area contributed by atoms with E-state index in [0.29, 0.717) is 15.4 Å². The Bertz CT molecular complexity index is 734. The average Bonchev–Trinajstić information content (AvgIpc) is 2.43. The van der Waals surface area contributed by atoms with E-state index in [-0.39, 0.29) is 23.2 Å². The maximum absolute atomic E-state index is 12.1. The van der Waals surface area contributed by atoms with E-state index < -0.39 is 5.63 Å². The van der Waals surface area contributed by atoms with E-state index in [1.54, 1.807) is 24.3 Å². The summed E-state index contributed by atoms with van der Waals surface area (Å²) in [7, 11) is 0. The van der Waals surface area contributed by atoms with Crippen LogP contribution >= 0.6 is 24.0 Å². The second-order valence-electron chi connectivity index (χ2n) is 4.61. The van der Waals surface area contributed by atoms with Crippen LogP contribution in [0.3, 0.4) is 0 Å². The van der Waals surface area contributed by atoms with Gasteiger partial charge >= 0.3 is 5.63 Å². The molecular weight excluding hydrogens is 308 g/mol. The van der Waals surface area contributed by atoms with Crippen LogP contribution in [0.1, 0.15) is 24.2 Å². The standard InChI is InChI=1S/C15H14O4S2/c1-9(2)18-15(20)21-8-12(16)11-7-10-5-3-4-6-13(10)19-14(11)17/h3-7,9H,8H2,1-2H3. The van der Waals surface area contributed by atoms with E-state index in [2.05, 4.69) is 0 Å². The van der Waals surface area contributed by atoms with Gasteiger partial charge in [-0.05, 0) is 38.2 Å². The van der Waals surface area contributed by atoms with Gasteiger partial charge in [-0.15, -0.1) is 0 Å². The molecule has 0 atom stereocenters. The quantitative estimate of drug-likeness (QED) is 0.488. The Kier molecular flexibility index (Phi) is 5.14. The zero-order chi connectivity index (χ0) is 15.4. The van der Waals surface area contributed by atoms with Crippen LogP contribution in [-0.4, -0.2) is 22.0 Å². The van der Waals surface area contributed by atoms with Gasteiger partial charge < -0.3 is 9.15 Å². The van der Waals surface area contributed by atoms with E-state index in [0.717, 1.165) is 11.8 Å². The molecule has 2 aromatic rings. The second kappa shape index (κ2) is 6.87. The number of rotatable bonds is 4. The number of fused-ring (bicyclic) bond motifs is 1. The maximum Gasteiger partial charge on any atom is 0.347 e. The molecule has 6 heteroatoms. The number of thioether (sulfide) groups is 1. The van der Waals surface area contributed by atoms with Crippen molar-refractivity contribution < 1.29 is 13.9 Å². The first-order valence-corrected chi connectivity index (χ1v) is 7.76. The third kappa shape index (κ3) is 4.15. The Balaban J connectivity index is 2.14. The smallest absolute Gasteiger partial charge is 0.347 e. The van der Waals surface area contributed by atoms with E-state index >= 15 is 0 Å². The number of hydrogen-bond acceptors (Lipinski definition) is 6. The zero-order valence-corrected chi connectivity index (χ0v) is 13.3. The highest BCUT2D eigenvalue weighted by atomic mass is 32.2. The fourth-order valence-corrected chi connectivity index (χ4v) is 2.72. The van der Waals surface area contributed by atoms with Gasteiger partial charge in [-0.3, -0.25) is 4.79 Å². The van der Waals surface area contributed by atoms with Crippen molar-refractivity contribution in [3.63, 3.8) is 0 Å². The molecule has 0 saturated heterocycles. The highest BCUT2D eigenvalue weighted by molar-refractivity contribution is 8.23. The molecule has 0 radical (unpaired) electrons. The van der Waals surface area contributed by atoms with Crippen molar-refractivity contribution in [2.24, 2.45) is 0 Å². The lowest BCUT2D eigenvalue weighted by Gasteiger charge is -2.09. The maximum atomic E-state index is 12.1. The number of benzene rings is 1. The Morgan fingerprint density at radius 3 is 2.81 bits per heavy atom. The molecule has 1 aromatic heterocycles. The number of para-hydroxylation sites is 1. The monoisotopic (exact) mass is 322 g/mol. The van der Waals surface area contributed by atoms with E-state index in [1.807, 2.05) is 19.9 Å². The summed E-state index contributed by atoms with van der Waals surface area (Å²) in [6.07, 6.45) is -0.0363. The minimum absolute atomic E-state index is 0.0357. The summed E-state index contributed by atoms with van der Waals surface area (Å²) in [4.78, 5) is 23.9. The molecule has 0 aliphatic heterocycles. The lowest BCUT2D eigenvalue weighted by Crippen LogP contribution is -2.17. The summed E-state index contributed by atoms with van der Waals surface area (Å²) >= 11 is 6.10. The molecular formula is C15H14O4S2. The van der Waals surface area contributed by atoms with Gasteiger partial charge in [0, 0.05) is 5.39 Å². The molecule has 0 aliphatic carbocycles.